The fraction of sp³-hybridized carbons (Fsp3) is 0.727. The van der Waals surface area contributed by atoms with Gasteiger partial charge < -0.3 is 5.73 Å². The number of halogens is 1. The molecule has 1 unspecified atom stereocenters. The smallest absolute Gasteiger partial charge is 0.0294 e. The molecule has 0 amide bonds. The maximum absolute atomic E-state index is 6.23. The summed E-state index contributed by atoms with van der Waals surface area (Å²) in [5, 5.41) is 0. The van der Waals surface area contributed by atoms with E-state index in [1.54, 1.807) is 0 Å². The molecule has 1 aromatic rings. The van der Waals surface area contributed by atoms with Gasteiger partial charge in [0.25, 0.3) is 0 Å². The molecule has 0 heterocycles. The van der Waals surface area contributed by atoms with Gasteiger partial charge in [-0.3, -0.25) is 0 Å². The quantitative estimate of drug-likeness (QED) is 0.323. The number of unbranched alkanes of at least 4 members (excludes halogenated alkanes) is 12. The average Bonchev–Trinajstić information content (AvgIpc) is 2.59. The molecule has 2 heteroatoms. The monoisotopic (exact) mass is 353 g/mol. The van der Waals surface area contributed by atoms with Gasteiger partial charge >= 0.3 is 0 Å². The van der Waals surface area contributed by atoms with E-state index in [2.05, 4.69) is 37.3 Å². The molecule has 0 aliphatic rings. The van der Waals surface area contributed by atoms with Crippen LogP contribution in [0.3, 0.4) is 0 Å². The zero-order chi connectivity index (χ0) is 16.6. The molecule has 140 valence electrons. The summed E-state index contributed by atoms with van der Waals surface area (Å²) in [6, 6.07) is 10.7. The van der Waals surface area contributed by atoms with Gasteiger partial charge in [-0.2, -0.15) is 0 Å². The summed E-state index contributed by atoms with van der Waals surface area (Å²) >= 11 is 0. The lowest BCUT2D eigenvalue weighted by Gasteiger charge is -2.11. The predicted octanol–water partition coefficient (Wildman–Crippen LogP) is 7.59. The Morgan fingerprint density at radius 3 is 1.54 bits per heavy atom. The highest BCUT2D eigenvalue weighted by molar-refractivity contribution is 5.85. The van der Waals surface area contributed by atoms with E-state index < -0.39 is 0 Å². The molecular formula is C22H40ClN. The summed E-state index contributed by atoms with van der Waals surface area (Å²) in [5.41, 5.74) is 7.52. The van der Waals surface area contributed by atoms with Gasteiger partial charge in [0.1, 0.15) is 0 Å². The summed E-state index contributed by atoms with van der Waals surface area (Å²) in [5.74, 6) is 0. The van der Waals surface area contributed by atoms with Crippen molar-refractivity contribution < 1.29 is 0 Å². The first-order chi connectivity index (χ1) is 11.3. The third-order valence-corrected chi connectivity index (χ3v) is 4.85. The largest absolute Gasteiger partial charge is 0.324 e. The maximum Gasteiger partial charge on any atom is 0.0294 e. The molecule has 0 aromatic heterocycles. The highest BCUT2D eigenvalue weighted by Gasteiger charge is 2.04. The van der Waals surface area contributed by atoms with E-state index in [-0.39, 0.29) is 18.4 Å². The highest BCUT2D eigenvalue weighted by Crippen LogP contribution is 2.18. The van der Waals surface area contributed by atoms with Crippen LogP contribution in [0.5, 0.6) is 0 Å². The Morgan fingerprint density at radius 1 is 0.667 bits per heavy atom. The van der Waals surface area contributed by atoms with E-state index in [1.165, 1.54) is 89.0 Å². The lowest BCUT2D eigenvalue weighted by Crippen LogP contribution is -2.09. The molecule has 1 rings (SSSR count). The second-order valence-electron chi connectivity index (χ2n) is 7.05. The normalized spacial score (nSPS) is 11.9. The Bertz CT molecular complexity index is 352. The molecule has 0 radical (unpaired) electrons. The fourth-order valence-electron chi connectivity index (χ4n) is 3.25. The van der Waals surface area contributed by atoms with E-state index in [1.807, 2.05) is 0 Å². The number of benzene rings is 1. The van der Waals surface area contributed by atoms with Crippen molar-refractivity contribution in [2.24, 2.45) is 5.73 Å². The van der Waals surface area contributed by atoms with Gasteiger partial charge in [0, 0.05) is 6.04 Å². The van der Waals surface area contributed by atoms with Crippen LogP contribution in [0.15, 0.2) is 30.3 Å². The Balaban J connectivity index is 0.00000529. The minimum Gasteiger partial charge on any atom is -0.324 e. The summed E-state index contributed by atoms with van der Waals surface area (Å²) in [6.45, 7) is 2.29. The van der Waals surface area contributed by atoms with Crippen LogP contribution in [-0.2, 0) is 0 Å². The summed E-state index contributed by atoms with van der Waals surface area (Å²) in [6.07, 6.45) is 19.5. The van der Waals surface area contributed by atoms with Gasteiger partial charge in [-0.25, -0.2) is 0 Å². The molecule has 0 saturated heterocycles. The minimum absolute atomic E-state index is 0. The van der Waals surface area contributed by atoms with Gasteiger partial charge in [-0.1, -0.05) is 121 Å². The van der Waals surface area contributed by atoms with E-state index in [0.717, 1.165) is 6.42 Å². The molecule has 0 aliphatic heterocycles. The van der Waals surface area contributed by atoms with Gasteiger partial charge in [-0.05, 0) is 12.0 Å². The number of hydrogen-bond acceptors (Lipinski definition) is 1. The topological polar surface area (TPSA) is 26.0 Å². The molecule has 2 N–H and O–H groups in total. The molecule has 1 nitrogen and oxygen atoms in total. The first-order valence-corrected chi connectivity index (χ1v) is 10.1. The Kier molecular flexibility index (Phi) is 16.9. The van der Waals surface area contributed by atoms with Gasteiger partial charge in [0.2, 0.25) is 0 Å². The molecule has 0 fully saturated rings. The van der Waals surface area contributed by atoms with E-state index in [0.29, 0.717) is 0 Å². The van der Waals surface area contributed by atoms with Gasteiger partial charge in [-0.15, -0.1) is 12.4 Å². The van der Waals surface area contributed by atoms with Crippen LogP contribution in [0.1, 0.15) is 108 Å². The molecule has 0 spiro atoms. The van der Waals surface area contributed by atoms with Crippen LogP contribution in [0, 0.1) is 0 Å². The Labute approximate surface area is 157 Å². The van der Waals surface area contributed by atoms with Crippen LogP contribution in [0.25, 0.3) is 0 Å². The number of rotatable bonds is 15. The average molecular weight is 354 g/mol. The minimum atomic E-state index is 0. The van der Waals surface area contributed by atoms with Gasteiger partial charge in [0.05, 0.1) is 0 Å². The van der Waals surface area contributed by atoms with Crippen LogP contribution in [-0.4, -0.2) is 0 Å². The molecule has 0 bridgehead atoms. The van der Waals surface area contributed by atoms with Crippen molar-refractivity contribution in [1.82, 2.24) is 0 Å². The Morgan fingerprint density at radius 2 is 1.08 bits per heavy atom. The standard InChI is InChI=1S/C22H39N.ClH/c1-2-3-4-5-6-7-8-9-10-11-12-13-17-20-22(23)21-18-15-14-16-19-21;/h14-16,18-19,22H,2-13,17,20,23H2,1H3;1H. The zero-order valence-corrected chi connectivity index (χ0v) is 16.7. The maximum atomic E-state index is 6.23. The van der Waals surface area contributed by atoms with Crippen molar-refractivity contribution in [3.8, 4) is 0 Å². The van der Waals surface area contributed by atoms with Crippen molar-refractivity contribution in [2.75, 3.05) is 0 Å². The first kappa shape index (κ1) is 23.5. The zero-order valence-electron chi connectivity index (χ0n) is 15.8. The molecule has 1 aromatic carbocycles. The van der Waals surface area contributed by atoms with Crippen molar-refractivity contribution >= 4 is 12.4 Å². The van der Waals surface area contributed by atoms with Crippen molar-refractivity contribution in [3.05, 3.63) is 35.9 Å². The lowest BCUT2D eigenvalue weighted by atomic mass is 10.00. The highest BCUT2D eigenvalue weighted by atomic mass is 35.5. The SMILES string of the molecule is CCCCCCCCCCCCCCCC(N)c1ccccc1.Cl. The van der Waals surface area contributed by atoms with Crippen molar-refractivity contribution in [1.29, 1.82) is 0 Å². The lowest BCUT2D eigenvalue weighted by molar-refractivity contribution is 0.522. The van der Waals surface area contributed by atoms with Crippen LogP contribution in [0.4, 0.5) is 0 Å². The van der Waals surface area contributed by atoms with Gasteiger partial charge in [0.15, 0.2) is 0 Å². The second-order valence-corrected chi connectivity index (χ2v) is 7.05. The Hall–Kier alpha value is -0.530. The molecule has 24 heavy (non-hydrogen) atoms. The first-order valence-electron chi connectivity index (χ1n) is 10.1. The van der Waals surface area contributed by atoms with Crippen LogP contribution >= 0.6 is 12.4 Å². The molecule has 1 atom stereocenters. The molecular weight excluding hydrogens is 314 g/mol. The van der Waals surface area contributed by atoms with E-state index in [4.69, 9.17) is 5.73 Å². The van der Waals surface area contributed by atoms with Crippen molar-refractivity contribution in [2.45, 2.75) is 103 Å². The summed E-state index contributed by atoms with van der Waals surface area (Å²) < 4.78 is 0. The predicted molar refractivity (Wildman–Crippen MR) is 111 cm³/mol. The van der Waals surface area contributed by atoms with Crippen LogP contribution < -0.4 is 5.73 Å². The number of hydrogen-bond donors (Lipinski definition) is 1. The molecule has 0 aliphatic carbocycles. The number of nitrogens with two attached hydrogens (primary N) is 1. The second kappa shape index (κ2) is 17.3. The van der Waals surface area contributed by atoms with Crippen LogP contribution in [0.2, 0.25) is 0 Å². The fourth-order valence-corrected chi connectivity index (χ4v) is 3.25. The summed E-state index contributed by atoms with van der Waals surface area (Å²) in [4.78, 5) is 0. The third-order valence-electron chi connectivity index (χ3n) is 4.85. The molecule has 0 saturated carbocycles. The summed E-state index contributed by atoms with van der Waals surface area (Å²) in [7, 11) is 0. The van der Waals surface area contributed by atoms with E-state index in [9.17, 15) is 0 Å². The van der Waals surface area contributed by atoms with Crippen molar-refractivity contribution in [3.63, 3.8) is 0 Å². The third kappa shape index (κ3) is 12.8. The van der Waals surface area contributed by atoms with E-state index >= 15 is 0 Å².